The number of hydrogen-bond donors (Lipinski definition) is 0. The summed E-state index contributed by atoms with van der Waals surface area (Å²) in [5.41, 5.74) is 1.43. The zero-order valence-electron chi connectivity index (χ0n) is 18.0. The third-order valence-electron chi connectivity index (χ3n) is 6.25. The number of sulfonamides is 1. The summed E-state index contributed by atoms with van der Waals surface area (Å²) < 4.78 is 27.6. The fourth-order valence-corrected chi connectivity index (χ4v) is 7.23. The standard InChI is InChI=1S/C23H28N4O2S2/c1-16(2)21-24-22(20-18-10-6-7-11-19(18)30-23(20)25-21)26-12-14-27(15-13-26)31(28,29)17-8-4-3-5-9-17/h3-5,8-9,16H,6-7,10-15H2,1-2H3. The molecule has 0 bridgehead atoms. The van der Waals surface area contributed by atoms with Crippen molar-refractivity contribution in [1.82, 2.24) is 14.3 Å². The Balaban J connectivity index is 1.47. The van der Waals surface area contributed by atoms with E-state index in [1.54, 1.807) is 28.6 Å². The normalized spacial score (nSPS) is 18.0. The highest BCUT2D eigenvalue weighted by Crippen LogP contribution is 2.40. The van der Waals surface area contributed by atoms with Crippen LogP contribution in [0.5, 0.6) is 0 Å². The molecule has 0 unspecified atom stereocenters. The first-order chi connectivity index (χ1) is 14.9. The lowest BCUT2D eigenvalue weighted by Crippen LogP contribution is -2.49. The maximum Gasteiger partial charge on any atom is 0.243 e. The van der Waals surface area contributed by atoms with E-state index in [0.717, 1.165) is 29.3 Å². The van der Waals surface area contributed by atoms with E-state index in [1.807, 2.05) is 17.4 Å². The van der Waals surface area contributed by atoms with Crippen LogP contribution in [0.25, 0.3) is 10.2 Å². The van der Waals surface area contributed by atoms with E-state index in [-0.39, 0.29) is 5.92 Å². The second-order valence-electron chi connectivity index (χ2n) is 8.66. The van der Waals surface area contributed by atoms with Crippen LogP contribution in [-0.2, 0) is 22.9 Å². The van der Waals surface area contributed by atoms with E-state index in [2.05, 4.69) is 18.7 Å². The predicted octanol–water partition coefficient (Wildman–Crippen LogP) is 4.20. The van der Waals surface area contributed by atoms with Gasteiger partial charge in [0.15, 0.2) is 0 Å². The van der Waals surface area contributed by atoms with Gasteiger partial charge in [-0.25, -0.2) is 18.4 Å². The largest absolute Gasteiger partial charge is 0.353 e. The van der Waals surface area contributed by atoms with Crippen LogP contribution in [0, 0.1) is 0 Å². The minimum atomic E-state index is -3.46. The summed E-state index contributed by atoms with van der Waals surface area (Å²) in [5, 5.41) is 1.21. The number of nitrogens with zero attached hydrogens (tertiary/aromatic N) is 4. The van der Waals surface area contributed by atoms with Crippen LogP contribution in [0.3, 0.4) is 0 Å². The van der Waals surface area contributed by atoms with Crippen LogP contribution >= 0.6 is 11.3 Å². The molecule has 6 nitrogen and oxygen atoms in total. The summed E-state index contributed by atoms with van der Waals surface area (Å²) in [4.78, 5) is 15.1. The van der Waals surface area contributed by atoms with E-state index in [4.69, 9.17) is 9.97 Å². The van der Waals surface area contributed by atoms with Crippen molar-refractivity contribution in [2.45, 2.75) is 50.3 Å². The van der Waals surface area contributed by atoms with Gasteiger partial charge < -0.3 is 4.90 Å². The molecule has 1 aliphatic heterocycles. The van der Waals surface area contributed by atoms with Gasteiger partial charge >= 0.3 is 0 Å². The van der Waals surface area contributed by atoms with Gasteiger partial charge in [0.05, 0.1) is 10.3 Å². The van der Waals surface area contributed by atoms with Gasteiger partial charge in [-0.3, -0.25) is 0 Å². The van der Waals surface area contributed by atoms with Gasteiger partial charge in [0, 0.05) is 37.0 Å². The molecule has 3 heterocycles. The fourth-order valence-electron chi connectivity index (χ4n) is 4.52. The van der Waals surface area contributed by atoms with E-state index < -0.39 is 10.0 Å². The van der Waals surface area contributed by atoms with Crippen molar-refractivity contribution >= 4 is 37.4 Å². The third-order valence-corrected chi connectivity index (χ3v) is 9.35. The van der Waals surface area contributed by atoms with Crippen molar-refractivity contribution in [3.63, 3.8) is 0 Å². The lowest BCUT2D eigenvalue weighted by molar-refractivity contribution is 0.384. The molecular formula is C23H28N4O2S2. The minimum Gasteiger partial charge on any atom is -0.353 e. The first-order valence-corrected chi connectivity index (χ1v) is 13.3. The van der Waals surface area contributed by atoms with Gasteiger partial charge in [-0.1, -0.05) is 32.0 Å². The van der Waals surface area contributed by atoms with Crippen LogP contribution in [0.15, 0.2) is 35.2 Å². The Kier molecular flexibility index (Phi) is 5.48. The van der Waals surface area contributed by atoms with Gasteiger partial charge in [0.25, 0.3) is 0 Å². The predicted molar refractivity (Wildman–Crippen MR) is 126 cm³/mol. The monoisotopic (exact) mass is 456 g/mol. The van der Waals surface area contributed by atoms with Gasteiger partial charge in [-0.2, -0.15) is 4.31 Å². The molecular weight excluding hydrogens is 428 g/mol. The molecule has 1 saturated heterocycles. The molecule has 0 N–H and O–H groups in total. The first-order valence-electron chi connectivity index (χ1n) is 11.1. The molecule has 8 heteroatoms. The van der Waals surface area contributed by atoms with Crippen LogP contribution in [0.1, 0.15) is 48.9 Å². The summed E-state index contributed by atoms with van der Waals surface area (Å²) in [5.74, 6) is 2.13. The molecule has 1 fully saturated rings. The minimum absolute atomic E-state index is 0.252. The Morgan fingerprint density at radius 3 is 2.39 bits per heavy atom. The zero-order chi connectivity index (χ0) is 21.6. The number of piperazine rings is 1. The first kappa shape index (κ1) is 20.8. The van der Waals surface area contributed by atoms with E-state index >= 15 is 0 Å². The average molecular weight is 457 g/mol. The SMILES string of the molecule is CC(C)c1nc(N2CCN(S(=O)(=O)c3ccccc3)CC2)c2c3c(sc2n1)CCCC3. The van der Waals surface area contributed by atoms with Crippen LogP contribution in [-0.4, -0.2) is 48.9 Å². The molecule has 0 radical (unpaired) electrons. The van der Waals surface area contributed by atoms with E-state index in [9.17, 15) is 8.42 Å². The quantitative estimate of drug-likeness (QED) is 0.589. The average Bonchev–Trinajstić information content (AvgIpc) is 3.18. The van der Waals surface area contributed by atoms with E-state index in [0.29, 0.717) is 31.1 Å². The van der Waals surface area contributed by atoms with Crippen molar-refractivity contribution in [1.29, 1.82) is 0 Å². The number of thiophene rings is 1. The lowest BCUT2D eigenvalue weighted by Gasteiger charge is -2.35. The molecule has 5 rings (SSSR count). The molecule has 2 aliphatic rings. The van der Waals surface area contributed by atoms with Crippen molar-refractivity contribution in [3.8, 4) is 0 Å². The molecule has 31 heavy (non-hydrogen) atoms. The lowest BCUT2D eigenvalue weighted by atomic mass is 9.96. The van der Waals surface area contributed by atoms with Crippen molar-refractivity contribution < 1.29 is 8.42 Å². The van der Waals surface area contributed by atoms with Gasteiger partial charge in [0.1, 0.15) is 16.5 Å². The number of anilines is 1. The zero-order valence-corrected chi connectivity index (χ0v) is 19.7. The Morgan fingerprint density at radius 2 is 1.68 bits per heavy atom. The van der Waals surface area contributed by atoms with Gasteiger partial charge in [-0.15, -0.1) is 11.3 Å². The Hall–Kier alpha value is -2.03. The number of fused-ring (bicyclic) bond motifs is 3. The van der Waals surface area contributed by atoms with Crippen molar-refractivity contribution in [2.75, 3.05) is 31.1 Å². The highest BCUT2D eigenvalue weighted by molar-refractivity contribution is 7.89. The number of aromatic nitrogens is 2. The molecule has 164 valence electrons. The van der Waals surface area contributed by atoms with Crippen LogP contribution in [0.2, 0.25) is 0 Å². The highest BCUT2D eigenvalue weighted by Gasteiger charge is 2.31. The molecule has 3 aromatic rings. The maximum atomic E-state index is 13.0. The number of aryl methyl sites for hydroxylation is 2. The summed E-state index contributed by atoms with van der Waals surface area (Å²) in [6.07, 6.45) is 4.69. The number of rotatable bonds is 4. The van der Waals surface area contributed by atoms with Gasteiger partial charge in [0.2, 0.25) is 10.0 Å². The molecule has 0 amide bonds. The topological polar surface area (TPSA) is 66.4 Å². The Bertz CT molecular complexity index is 1200. The summed E-state index contributed by atoms with van der Waals surface area (Å²) in [6, 6.07) is 8.72. The fraction of sp³-hybridized carbons (Fsp3) is 0.478. The van der Waals surface area contributed by atoms with E-state index in [1.165, 1.54) is 28.7 Å². The molecule has 0 spiro atoms. The van der Waals surface area contributed by atoms with Gasteiger partial charge in [-0.05, 0) is 43.4 Å². The maximum absolute atomic E-state index is 13.0. The molecule has 2 aromatic heterocycles. The smallest absolute Gasteiger partial charge is 0.243 e. The van der Waals surface area contributed by atoms with Crippen molar-refractivity contribution in [3.05, 3.63) is 46.6 Å². The second-order valence-corrected chi connectivity index (χ2v) is 11.7. The van der Waals surface area contributed by atoms with Crippen LogP contribution < -0.4 is 4.90 Å². The Labute approximate surface area is 188 Å². The second kappa shape index (κ2) is 8.15. The Morgan fingerprint density at radius 1 is 0.968 bits per heavy atom. The summed E-state index contributed by atoms with van der Waals surface area (Å²) >= 11 is 1.83. The van der Waals surface area contributed by atoms with Crippen molar-refractivity contribution in [2.24, 2.45) is 0 Å². The molecule has 1 aromatic carbocycles. The molecule has 1 aliphatic carbocycles. The molecule has 0 atom stereocenters. The third kappa shape index (κ3) is 3.75. The molecule has 0 saturated carbocycles. The number of hydrogen-bond acceptors (Lipinski definition) is 6. The van der Waals surface area contributed by atoms with Crippen LogP contribution in [0.4, 0.5) is 5.82 Å². The number of benzene rings is 1. The summed E-state index contributed by atoms with van der Waals surface area (Å²) in [6.45, 7) is 6.46. The highest BCUT2D eigenvalue weighted by atomic mass is 32.2. The summed E-state index contributed by atoms with van der Waals surface area (Å²) in [7, 11) is -3.46.